The molecule has 1 rings (SSSR count). The van der Waals surface area contributed by atoms with Crippen LogP contribution in [0, 0.1) is 6.92 Å². The van der Waals surface area contributed by atoms with Gasteiger partial charge in [-0.2, -0.15) is 0 Å². The molecule has 0 spiro atoms. The molecule has 0 bridgehead atoms. The van der Waals surface area contributed by atoms with Crippen LogP contribution in [-0.4, -0.2) is 35.6 Å². The van der Waals surface area contributed by atoms with Crippen LogP contribution in [0.4, 0.5) is 5.95 Å². The van der Waals surface area contributed by atoms with Crippen molar-refractivity contribution in [1.29, 1.82) is 0 Å². The quantitative estimate of drug-likeness (QED) is 0.700. The molecule has 16 heavy (non-hydrogen) atoms. The molecule has 6 nitrogen and oxygen atoms in total. The standard InChI is InChI=1S/C10H16N4O2/c1-3-16-9(15)8-6-13-10(12-5-4-11)14-7(8)2/h6H,3-5,11H2,1-2H3,(H,12,13,14). The summed E-state index contributed by atoms with van der Waals surface area (Å²) in [5, 5.41) is 2.93. The van der Waals surface area contributed by atoms with Gasteiger partial charge < -0.3 is 15.8 Å². The van der Waals surface area contributed by atoms with E-state index in [1.807, 2.05) is 0 Å². The predicted octanol–water partition coefficient (Wildman–Crippen LogP) is 0.332. The SMILES string of the molecule is CCOC(=O)c1cnc(NCCN)nc1C. The molecular weight excluding hydrogens is 208 g/mol. The molecule has 0 radical (unpaired) electrons. The number of aromatic nitrogens is 2. The van der Waals surface area contributed by atoms with Crippen LogP contribution < -0.4 is 11.1 Å². The Morgan fingerprint density at radius 2 is 2.38 bits per heavy atom. The second kappa shape index (κ2) is 6.02. The minimum atomic E-state index is -0.398. The van der Waals surface area contributed by atoms with Crippen molar-refractivity contribution in [1.82, 2.24) is 9.97 Å². The van der Waals surface area contributed by atoms with Gasteiger partial charge >= 0.3 is 5.97 Å². The summed E-state index contributed by atoms with van der Waals surface area (Å²) in [4.78, 5) is 19.6. The van der Waals surface area contributed by atoms with E-state index in [-0.39, 0.29) is 0 Å². The number of carbonyl (C=O) groups excluding carboxylic acids is 1. The zero-order valence-corrected chi connectivity index (χ0v) is 9.49. The van der Waals surface area contributed by atoms with Crippen LogP contribution >= 0.6 is 0 Å². The lowest BCUT2D eigenvalue weighted by Gasteiger charge is -2.07. The molecule has 1 heterocycles. The van der Waals surface area contributed by atoms with Crippen molar-refractivity contribution >= 4 is 11.9 Å². The van der Waals surface area contributed by atoms with E-state index in [4.69, 9.17) is 10.5 Å². The fourth-order valence-electron chi connectivity index (χ4n) is 1.15. The van der Waals surface area contributed by atoms with E-state index < -0.39 is 5.97 Å². The van der Waals surface area contributed by atoms with Crippen molar-refractivity contribution in [3.63, 3.8) is 0 Å². The fraction of sp³-hybridized carbons (Fsp3) is 0.500. The fourth-order valence-corrected chi connectivity index (χ4v) is 1.15. The summed E-state index contributed by atoms with van der Waals surface area (Å²) in [5.74, 6) is 0.0707. The van der Waals surface area contributed by atoms with Gasteiger partial charge in [-0.3, -0.25) is 0 Å². The third-order valence-electron chi connectivity index (χ3n) is 1.90. The van der Waals surface area contributed by atoms with Crippen molar-refractivity contribution < 1.29 is 9.53 Å². The highest BCUT2D eigenvalue weighted by atomic mass is 16.5. The lowest BCUT2D eigenvalue weighted by atomic mass is 10.2. The molecule has 0 saturated carbocycles. The van der Waals surface area contributed by atoms with Crippen molar-refractivity contribution in [2.75, 3.05) is 25.0 Å². The highest BCUT2D eigenvalue weighted by Gasteiger charge is 2.12. The van der Waals surface area contributed by atoms with Gasteiger partial charge in [-0.05, 0) is 13.8 Å². The Kier molecular flexibility index (Phi) is 4.65. The Bertz CT molecular complexity index is 368. The van der Waals surface area contributed by atoms with Crippen LogP contribution in [-0.2, 0) is 4.74 Å². The largest absolute Gasteiger partial charge is 0.462 e. The van der Waals surface area contributed by atoms with E-state index in [9.17, 15) is 4.79 Å². The zero-order valence-electron chi connectivity index (χ0n) is 9.49. The number of rotatable bonds is 5. The van der Waals surface area contributed by atoms with Gasteiger partial charge in [-0.1, -0.05) is 0 Å². The van der Waals surface area contributed by atoms with Gasteiger partial charge in [0.1, 0.15) is 0 Å². The Labute approximate surface area is 94.2 Å². The van der Waals surface area contributed by atoms with Crippen molar-refractivity contribution in [2.45, 2.75) is 13.8 Å². The molecule has 0 fully saturated rings. The number of carbonyl (C=O) groups is 1. The molecule has 88 valence electrons. The number of nitrogens with two attached hydrogens (primary N) is 1. The molecule has 0 aromatic carbocycles. The lowest BCUT2D eigenvalue weighted by Crippen LogP contribution is -2.16. The summed E-state index contributed by atoms with van der Waals surface area (Å²) in [7, 11) is 0. The van der Waals surface area contributed by atoms with E-state index in [0.29, 0.717) is 36.9 Å². The molecule has 1 aromatic heterocycles. The van der Waals surface area contributed by atoms with Crippen LogP contribution in [0.2, 0.25) is 0 Å². The molecule has 0 aliphatic rings. The number of hydrogen-bond acceptors (Lipinski definition) is 6. The molecule has 1 aromatic rings. The first-order valence-electron chi connectivity index (χ1n) is 5.13. The number of nitrogens with one attached hydrogen (secondary N) is 1. The number of esters is 1. The van der Waals surface area contributed by atoms with Gasteiger partial charge in [0, 0.05) is 19.3 Å². The van der Waals surface area contributed by atoms with Gasteiger partial charge in [0.25, 0.3) is 0 Å². The average Bonchev–Trinajstić information content (AvgIpc) is 2.26. The third-order valence-corrected chi connectivity index (χ3v) is 1.90. The first-order valence-corrected chi connectivity index (χ1v) is 5.13. The van der Waals surface area contributed by atoms with E-state index in [1.165, 1.54) is 6.20 Å². The predicted molar refractivity (Wildman–Crippen MR) is 60.3 cm³/mol. The van der Waals surface area contributed by atoms with Gasteiger partial charge in [0.2, 0.25) is 5.95 Å². The van der Waals surface area contributed by atoms with Crippen LogP contribution in [0.15, 0.2) is 6.20 Å². The third kappa shape index (κ3) is 3.16. The Balaban J connectivity index is 2.78. The molecule has 0 saturated heterocycles. The van der Waals surface area contributed by atoms with Crippen LogP contribution in [0.5, 0.6) is 0 Å². The maximum absolute atomic E-state index is 11.4. The smallest absolute Gasteiger partial charge is 0.341 e. The van der Waals surface area contributed by atoms with Gasteiger partial charge in [-0.15, -0.1) is 0 Å². The van der Waals surface area contributed by atoms with Gasteiger partial charge in [0.05, 0.1) is 17.9 Å². The summed E-state index contributed by atoms with van der Waals surface area (Å²) in [6.07, 6.45) is 1.46. The number of nitrogens with zero attached hydrogens (tertiary/aromatic N) is 2. The normalized spacial score (nSPS) is 9.94. The second-order valence-corrected chi connectivity index (χ2v) is 3.13. The van der Waals surface area contributed by atoms with E-state index in [1.54, 1.807) is 13.8 Å². The summed E-state index contributed by atoms with van der Waals surface area (Å²) < 4.78 is 4.87. The Hall–Kier alpha value is -1.69. The minimum absolute atomic E-state index is 0.339. The van der Waals surface area contributed by atoms with Crippen LogP contribution in [0.25, 0.3) is 0 Å². The minimum Gasteiger partial charge on any atom is -0.462 e. The van der Waals surface area contributed by atoms with Crippen LogP contribution in [0.1, 0.15) is 23.0 Å². The monoisotopic (exact) mass is 224 g/mol. The first kappa shape index (κ1) is 12.4. The first-order chi connectivity index (χ1) is 7.69. The topological polar surface area (TPSA) is 90.1 Å². The zero-order chi connectivity index (χ0) is 12.0. The van der Waals surface area contributed by atoms with Crippen molar-refractivity contribution in [3.05, 3.63) is 17.5 Å². The van der Waals surface area contributed by atoms with Crippen LogP contribution in [0.3, 0.4) is 0 Å². The van der Waals surface area contributed by atoms with E-state index in [0.717, 1.165) is 0 Å². The number of hydrogen-bond donors (Lipinski definition) is 2. The lowest BCUT2D eigenvalue weighted by molar-refractivity contribution is 0.0524. The Morgan fingerprint density at radius 1 is 1.62 bits per heavy atom. The molecule has 0 atom stereocenters. The molecule has 0 aliphatic heterocycles. The maximum Gasteiger partial charge on any atom is 0.341 e. The second-order valence-electron chi connectivity index (χ2n) is 3.13. The maximum atomic E-state index is 11.4. The Morgan fingerprint density at radius 3 is 2.94 bits per heavy atom. The molecular formula is C10H16N4O2. The van der Waals surface area contributed by atoms with E-state index >= 15 is 0 Å². The summed E-state index contributed by atoms with van der Waals surface area (Å²) in [6.45, 7) is 4.93. The van der Waals surface area contributed by atoms with Gasteiger partial charge in [0.15, 0.2) is 0 Å². The highest BCUT2D eigenvalue weighted by molar-refractivity contribution is 5.90. The summed E-state index contributed by atoms with van der Waals surface area (Å²) >= 11 is 0. The van der Waals surface area contributed by atoms with Gasteiger partial charge in [-0.25, -0.2) is 14.8 Å². The van der Waals surface area contributed by atoms with Crippen molar-refractivity contribution in [2.24, 2.45) is 5.73 Å². The number of aryl methyl sites for hydroxylation is 1. The molecule has 0 amide bonds. The molecule has 3 N–H and O–H groups in total. The van der Waals surface area contributed by atoms with Crippen molar-refractivity contribution in [3.8, 4) is 0 Å². The average molecular weight is 224 g/mol. The summed E-state index contributed by atoms with van der Waals surface area (Å²) in [5.41, 5.74) is 6.32. The molecule has 0 unspecified atom stereocenters. The summed E-state index contributed by atoms with van der Waals surface area (Å²) in [6, 6.07) is 0. The molecule has 0 aliphatic carbocycles. The molecule has 6 heteroatoms. The number of anilines is 1. The number of ether oxygens (including phenoxy) is 1. The van der Waals surface area contributed by atoms with E-state index in [2.05, 4.69) is 15.3 Å². The highest BCUT2D eigenvalue weighted by Crippen LogP contribution is 2.08.